The first kappa shape index (κ1) is 20.7. The topological polar surface area (TPSA) is 50.8 Å². The second kappa shape index (κ2) is 9.00. The van der Waals surface area contributed by atoms with Crippen LogP contribution >= 0.6 is 0 Å². The standard InChI is InChI=1S/C21H21F3N2O3/c1-26(2)10-9-25-20(27)17-12-28-18-8-7-15(29-21(23)24)11-16(18)19(17)13-3-5-14(22)6-4-13/h3-8,11,21H,9-10,12H2,1-2H3,(H,25,27). The average molecular weight is 406 g/mol. The molecule has 1 heterocycles. The zero-order chi connectivity index (χ0) is 21.0. The van der Waals surface area contributed by atoms with Crippen LogP contribution in [0.2, 0.25) is 0 Å². The summed E-state index contributed by atoms with van der Waals surface area (Å²) in [6.45, 7) is -1.91. The van der Waals surface area contributed by atoms with Gasteiger partial charge >= 0.3 is 6.61 Å². The molecule has 0 radical (unpaired) electrons. The lowest BCUT2D eigenvalue weighted by molar-refractivity contribution is -0.117. The number of likely N-dealkylation sites (N-methyl/N-ethyl adjacent to an activating group) is 1. The van der Waals surface area contributed by atoms with Gasteiger partial charge in [0.15, 0.2) is 0 Å². The summed E-state index contributed by atoms with van der Waals surface area (Å²) in [5.74, 6) is -0.391. The van der Waals surface area contributed by atoms with E-state index >= 15 is 0 Å². The Bertz CT molecular complexity index is 912. The van der Waals surface area contributed by atoms with E-state index in [0.29, 0.717) is 41.1 Å². The Morgan fingerprint density at radius 2 is 1.93 bits per heavy atom. The van der Waals surface area contributed by atoms with E-state index in [1.807, 2.05) is 19.0 Å². The fraction of sp³-hybridized carbons (Fsp3) is 0.286. The highest BCUT2D eigenvalue weighted by molar-refractivity contribution is 6.06. The molecule has 3 rings (SSSR count). The van der Waals surface area contributed by atoms with Crippen molar-refractivity contribution in [2.45, 2.75) is 6.61 Å². The van der Waals surface area contributed by atoms with Gasteiger partial charge in [0, 0.05) is 24.2 Å². The van der Waals surface area contributed by atoms with Crippen LogP contribution in [0.25, 0.3) is 5.57 Å². The first-order valence-electron chi connectivity index (χ1n) is 8.99. The Morgan fingerprint density at radius 3 is 2.59 bits per heavy atom. The first-order valence-corrected chi connectivity index (χ1v) is 8.99. The van der Waals surface area contributed by atoms with Crippen LogP contribution in [0.15, 0.2) is 48.0 Å². The zero-order valence-corrected chi connectivity index (χ0v) is 16.0. The molecule has 154 valence electrons. The van der Waals surface area contributed by atoms with Crippen LogP contribution in [0.3, 0.4) is 0 Å². The monoisotopic (exact) mass is 406 g/mol. The molecule has 0 aromatic heterocycles. The molecule has 0 saturated heterocycles. The highest BCUT2D eigenvalue weighted by Crippen LogP contribution is 2.39. The van der Waals surface area contributed by atoms with E-state index < -0.39 is 12.4 Å². The molecule has 1 aliphatic rings. The van der Waals surface area contributed by atoms with E-state index in [1.54, 1.807) is 0 Å². The highest BCUT2D eigenvalue weighted by atomic mass is 19.3. The number of halogens is 3. The van der Waals surface area contributed by atoms with Gasteiger partial charge < -0.3 is 19.7 Å². The molecule has 0 saturated carbocycles. The molecule has 0 fully saturated rings. The third kappa shape index (κ3) is 5.08. The van der Waals surface area contributed by atoms with E-state index in [9.17, 15) is 18.0 Å². The number of benzene rings is 2. The lowest BCUT2D eigenvalue weighted by Crippen LogP contribution is -2.34. The highest BCUT2D eigenvalue weighted by Gasteiger charge is 2.27. The van der Waals surface area contributed by atoms with Crippen LogP contribution in [0, 0.1) is 5.82 Å². The fourth-order valence-electron chi connectivity index (χ4n) is 3.02. The number of nitrogens with zero attached hydrogens (tertiary/aromatic N) is 1. The van der Waals surface area contributed by atoms with Crippen LogP contribution in [0.4, 0.5) is 13.2 Å². The van der Waals surface area contributed by atoms with Gasteiger partial charge in [-0.2, -0.15) is 8.78 Å². The smallest absolute Gasteiger partial charge is 0.387 e. The molecule has 0 aliphatic carbocycles. The van der Waals surface area contributed by atoms with Gasteiger partial charge in [0.25, 0.3) is 5.91 Å². The molecule has 8 heteroatoms. The van der Waals surface area contributed by atoms with E-state index in [-0.39, 0.29) is 18.3 Å². The van der Waals surface area contributed by atoms with Crippen molar-refractivity contribution >= 4 is 11.5 Å². The molecule has 0 atom stereocenters. The number of carbonyl (C=O) groups excluding carboxylic acids is 1. The van der Waals surface area contributed by atoms with Crippen molar-refractivity contribution < 1.29 is 27.4 Å². The van der Waals surface area contributed by atoms with Crippen molar-refractivity contribution in [3.05, 3.63) is 65.0 Å². The molecular weight excluding hydrogens is 385 g/mol. The Balaban J connectivity index is 2.05. The number of alkyl halides is 2. The third-order valence-electron chi connectivity index (χ3n) is 4.37. The lowest BCUT2D eigenvalue weighted by atomic mass is 9.90. The van der Waals surface area contributed by atoms with Crippen molar-refractivity contribution in [3.63, 3.8) is 0 Å². The van der Waals surface area contributed by atoms with Gasteiger partial charge in [-0.05, 0) is 50.0 Å². The number of nitrogens with one attached hydrogen (secondary N) is 1. The summed E-state index contributed by atoms with van der Waals surface area (Å²) in [6, 6.07) is 9.90. The van der Waals surface area contributed by atoms with Crippen molar-refractivity contribution in [2.24, 2.45) is 0 Å². The van der Waals surface area contributed by atoms with Gasteiger partial charge in [0.1, 0.15) is 23.9 Å². The normalized spacial score (nSPS) is 13.3. The minimum absolute atomic E-state index is 0.00254. The van der Waals surface area contributed by atoms with Gasteiger partial charge in [-0.1, -0.05) is 12.1 Å². The van der Waals surface area contributed by atoms with E-state index in [4.69, 9.17) is 4.74 Å². The van der Waals surface area contributed by atoms with Crippen molar-refractivity contribution in [2.75, 3.05) is 33.8 Å². The van der Waals surface area contributed by atoms with Crippen molar-refractivity contribution in [1.29, 1.82) is 0 Å². The molecule has 1 amide bonds. The van der Waals surface area contributed by atoms with Crippen LogP contribution in [0.1, 0.15) is 11.1 Å². The van der Waals surface area contributed by atoms with Crippen LogP contribution in [0.5, 0.6) is 11.5 Å². The van der Waals surface area contributed by atoms with Crippen molar-refractivity contribution in [3.8, 4) is 11.5 Å². The number of amides is 1. The summed E-state index contributed by atoms with van der Waals surface area (Å²) in [7, 11) is 3.78. The SMILES string of the molecule is CN(C)CCNC(=O)C1=C(c2ccc(F)cc2)c2cc(OC(F)F)ccc2OC1. The summed E-state index contributed by atoms with van der Waals surface area (Å²) in [6.07, 6.45) is 0. The molecule has 2 aromatic rings. The quantitative estimate of drug-likeness (QED) is 0.767. The average Bonchev–Trinajstić information content (AvgIpc) is 2.67. The number of hydrogen-bond acceptors (Lipinski definition) is 4. The van der Waals surface area contributed by atoms with Crippen molar-refractivity contribution in [1.82, 2.24) is 10.2 Å². The largest absolute Gasteiger partial charge is 0.488 e. The summed E-state index contributed by atoms with van der Waals surface area (Å²) in [5.41, 5.74) is 1.83. The molecule has 2 aromatic carbocycles. The molecule has 1 aliphatic heterocycles. The molecular formula is C21H21F3N2O3. The molecule has 5 nitrogen and oxygen atoms in total. The zero-order valence-electron chi connectivity index (χ0n) is 16.0. The maximum atomic E-state index is 13.4. The Morgan fingerprint density at radius 1 is 1.21 bits per heavy atom. The number of fused-ring (bicyclic) bond motifs is 1. The maximum Gasteiger partial charge on any atom is 0.387 e. The molecule has 0 bridgehead atoms. The van der Waals surface area contributed by atoms with Gasteiger partial charge in [-0.3, -0.25) is 4.79 Å². The van der Waals surface area contributed by atoms with E-state index in [1.165, 1.54) is 42.5 Å². The maximum absolute atomic E-state index is 13.4. The Kier molecular flexibility index (Phi) is 6.43. The fourth-order valence-corrected chi connectivity index (χ4v) is 3.02. The lowest BCUT2D eigenvalue weighted by Gasteiger charge is -2.25. The molecule has 0 unspecified atom stereocenters. The minimum Gasteiger partial charge on any atom is -0.488 e. The van der Waals surface area contributed by atoms with Gasteiger partial charge in [-0.25, -0.2) is 4.39 Å². The van der Waals surface area contributed by atoms with E-state index in [0.717, 1.165) is 0 Å². The Hall–Kier alpha value is -3.00. The summed E-state index contributed by atoms with van der Waals surface area (Å²) < 4.78 is 48.9. The second-order valence-electron chi connectivity index (χ2n) is 6.74. The van der Waals surface area contributed by atoms with Crippen LogP contribution in [-0.2, 0) is 4.79 Å². The molecule has 29 heavy (non-hydrogen) atoms. The Labute approximate surface area is 166 Å². The molecule has 0 spiro atoms. The van der Waals surface area contributed by atoms with Crippen LogP contribution in [-0.4, -0.2) is 51.2 Å². The van der Waals surface area contributed by atoms with E-state index in [2.05, 4.69) is 10.1 Å². The number of ether oxygens (including phenoxy) is 2. The summed E-state index contributed by atoms with van der Waals surface area (Å²) in [4.78, 5) is 14.7. The second-order valence-corrected chi connectivity index (χ2v) is 6.74. The first-order chi connectivity index (χ1) is 13.8. The molecule has 1 N–H and O–H groups in total. The minimum atomic E-state index is -2.98. The predicted octanol–water partition coefficient (Wildman–Crippen LogP) is 3.30. The van der Waals surface area contributed by atoms with Crippen LogP contribution < -0.4 is 14.8 Å². The number of carbonyl (C=O) groups is 1. The summed E-state index contributed by atoms with van der Waals surface area (Å²) in [5, 5.41) is 2.83. The summed E-state index contributed by atoms with van der Waals surface area (Å²) >= 11 is 0. The number of hydrogen-bond donors (Lipinski definition) is 1. The van der Waals surface area contributed by atoms with Gasteiger partial charge in [-0.15, -0.1) is 0 Å². The van der Waals surface area contributed by atoms with Gasteiger partial charge in [0.05, 0.1) is 5.57 Å². The number of rotatable bonds is 7. The van der Waals surface area contributed by atoms with Gasteiger partial charge in [0.2, 0.25) is 0 Å². The third-order valence-corrected chi connectivity index (χ3v) is 4.37. The predicted molar refractivity (Wildman–Crippen MR) is 103 cm³/mol.